The van der Waals surface area contributed by atoms with Crippen LogP contribution >= 0.6 is 0 Å². The maximum atomic E-state index is 12.3. The van der Waals surface area contributed by atoms with Gasteiger partial charge in [-0.15, -0.1) is 0 Å². The smallest absolute Gasteiger partial charge is 0.240 e. The highest BCUT2D eigenvalue weighted by molar-refractivity contribution is 5.86. The molecule has 0 aliphatic heterocycles. The summed E-state index contributed by atoms with van der Waals surface area (Å²) in [5.74, 6) is 0.549. The summed E-state index contributed by atoms with van der Waals surface area (Å²) in [6, 6.07) is 10.7. The summed E-state index contributed by atoms with van der Waals surface area (Å²) in [6.07, 6.45) is 6.09. The fourth-order valence-electron chi connectivity index (χ4n) is 3.15. The van der Waals surface area contributed by atoms with Crippen molar-refractivity contribution < 1.29 is 4.79 Å². The number of carbonyl (C=O) groups is 1. The second kappa shape index (κ2) is 4.97. The molecule has 0 bridgehead atoms. The number of rotatable bonds is 3. The lowest BCUT2D eigenvalue weighted by Crippen LogP contribution is -2.55. The van der Waals surface area contributed by atoms with Crippen molar-refractivity contribution in [2.45, 2.75) is 56.0 Å². The van der Waals surface area contributed by atoms with E-state index in [1.807, 2.05) is 6.07 Å². The summed E-state index contributed by atoms with van der Waals surface area (Å²) in [7, 11) is 0. The zero-order chi connectivity index (χ0) is 13.3. The summed E-state index contributed by atoms with van der Waals surface area (Å²) < 4.78 is 0. The van der Waals surface area contributed by atoms with Crippen molar-refractivity contribution in [1.82, 2.24) is 5.32 Å². The van der Waals surface area contributed by atoms with Crippen molar-refractivity contribution in [3.63, 3.8) is 0 Å². The zero-order valence-electron chi connectivity index (χ0n) is 11.3. The van der Waals surface area contributed by atoms with Gasteiger partial charge in [-0.05, 0) is 24.8 Å². The second-order valence-electron chi connectivity index (χ2n) is 6.05. The van der Waals surface area contributed by atoms with Gasteiger partial charge in [0.2, 0.25) is 5.91 Å². The second-order valence-corrected chi connectivity index (χ2v) is 6.05. The Morgan fingerprint density at radius 2 is 1.84 bits per heavy atom. The highest BCUT2D eigenvalue weighted by Crippen LogP contribution is 2.41. The van der Waals surface area contributed by atoms with Crippen molar-refractivity contribution in [3.05, 3.63) is 35.9 Å². The van der Waals surface area contributed by atoms with Crippen LogP contribution in [0.25, 0.3) is 0 Å². The molecule has 0 spiro atoms. The monoisotopic (exact) mass is 258 g/mol. The van der Waals surface area contributed by atoms with Crippen LogP contribution in [0.3, 0.4) is 0 Å². The Bertz CT molecular complexity index is 451. The molecule has 3 N–H and O–H groups in total. The molecule has 2 aliphatic carbocycles. The molecule has 3 rings (SSSR count). The normalized spacial score (nSPS) is 28.7. The molecule has 2 saturated carbocycles. The first-order chi connectivity index (χ1) is 9.19. The maximum Gasteiger partial charge on any atom is 0.240 e. The highest BCUT2D eigenvalue weighted by atomic mass is 16.2. The van der Waals surface area contributed by atoms with Crippen LogP contribution in [0.4, 0.5) is 0 Å². The molecule has 102 valence electrons. The van der Waals surface area contributed by atoms with Crippen molar-refractivity contribution in [1.29, 1.82) is 0 Å². The van der Waals surface area contributed by atoms with Gasteiger partial charge in [-0.3, -0.25) is 4.79 Å². The molecule has 1 amide bonds. The van der Waals surface area contributed by atoms with Crippen LogP contribution in [0.2, 0.25) is 0 Å². The molecule has 0 radical (unpaired) electrons. The molecule has 3 heteroatoms. The Hall–Kier alpha value is -1.35. The first-order valence-corrected chi connectivity index (χ1v) is 7.34. The number of nitrogens with two attached hydrogens (primary N) is 1. The summed E-state index contributed by atoms with van der Waals surface area (Å²) in [4.78, 5) is 12.3. The van der Waals surface area contributed by atoms with E-state index >= 15 is 0 Å². The predicted octanol–water partition coefficient (Wildman–Crippen LogP) is 2.32. The molecule has 3 nitrogen and oxygen atoms in total. The van der Waals surface area contributed by atoms with Crippen LogP contribution in [0.1, 0.15) is 50.0 Å². The van der Waals surface area contributed by atoms with E-state index in [1.54, 1.807) is 0 Å². The van der Waals surface area contributed by atoms with E-state index in [-0.39, 0.29) is 11.9 Å². The van der Waals surface area contributed by atoms with E-state index in [2.05, 4.69) is 29.6 Å². The Morgan fingerprint density at radius 3 is 2.53 bits per heavy atom. The minimum atomic E-state index is -0.609. The molecule has 0 aromatic heterocycles. The van der Waals surface area contributed by atoms with Crippen molar-refractivity contribution in [2.75, 3.05) is 0 Å². The lowest BCUT2D eigenvalue weighted by molar-refractivity contribution is -0.127. The van der Waals surface area contributed by atoms with Crippen molar-refractivity contribution in [3.8, 4) is 0 Å². The Morgan fingerprint density at radius 1 is 1.16 bits per heavy atom. The fourth-order valence-corrected chi connectivity index (χ4v) is 3.15. The van der Waals surface area contributed by atoms with E-state index in [4.69, 9.17) is 5.73 Å². The minimum absolute atomic E-state index is 0.0654. The van der Waals surface area contributed by atoms with Gasteiger partial charge in [0.05, 0.1) is 5.54 Å². The lowest BCUT2D eigenvalue weighted by Gasteiger charge is -2.31. The van der Waals surface area contributed by atoms with Gasteiger partial charge >= 0.3 is 0 Å². The third-order valence-electron chi connectivity index (χ3n) is 4.53. The standard InChI is InChI=1S/C16H22N2O/c17-16(9-5-2-6-10-16)15(19)18-14-11-13(14)12-7-3-1-4-8-12/h1,3-4,7-8,13-14H,2,5-6,9-11,17H2,(H,18,19). The van der Waals surface area contributed by atoms with Crippen LogP contribution in [0.5, 0.6) is 0 Å². The Kier molecular flexibility index (Phi) is 3.31. The van der Waals surface area contributed by atoms with Crippen molar-refractivity contribution >= 4 is 5.91 Å². The zero-order valence-corrected chi connectivity index (χ0v) is 11.3. The molecule has 2 fully saturated rings. The minimum Gasteiger partial charge on any atom is -0.351 e. The van der Waals surface area contributed by atoms with Gasteiger partial charge < -0.3 is 11.1 Å². The van der Waals surface area contributed by atoms with E-state index in [9.17, 15) is 4.79 Å². The van der Waals surface area contributed by atoms with Gasteiger partial charge in [-0.25, -0.2) is 0 Å². The molecule has 1 aromatic carbocycles. The SMILES string of the molecule is NC1(C(=O)NC2CC2c2ccccc2)CCCCC1. The Balaban J connectivity index is 1.57. The lowest BCUT2D eigenvalue weighted by atomic mass is 9.82. The number of hydrogen-bond donors (Lipinski definition) is 2. The summed E-state index contributed by atoms with van der Waals surface area (Å²) in [6.45, 7) is 0. The fraction of sp³-hybridized carbons (Fsp3) is 0.562. The van der Waals surface area contributed by atoms with Gasteiger partial charge in [0.15, 0.2) is 0 Å². The van der Waals surface area contributed by atoms with E-state index in [0.717, 1.165) is 32.1 Å². The molecule has 19 heavy (non-hydrogen) atoms. The predicted molar refractivity (Wildman–Crippen MR) is 75.7 cm³/mol. The van der Waals surface area contributed by atoms with E-state index < -0.39 is 5.54 Å². The molecule has 2 unspecified atom stereocenters. The number of carbonyl (C=O) groups excluding carboxylic acids is 1. The summed E-state index contributed by atoms with van der Waals surface area (Å²) >= 11 is 0. The molecule has 1 aromatic rings. The van der Waals surface area contributed by atoms with E-state index in [0.29, 0.717) is 5.92 Å². The largest absolute Gasteiger partial charge is 0.351 e. The van der Waals surface area contributed by atoms with Crippen LogP contribution in [-0.4, -0.2) is 17.5 Å². The molecule has 0 saturated heterocycles. The van der Waals surface area contributed by atoms with Gasteiger partial charge in [0.1, 0.15) is 0 Å². The van der Waals surface area contributed by atoms with Crippen LogP contribution < -0.4 is 11.1 Å². The van der Waals surface area contributed by atoms with Gasteiger partial charge in [-0.1, -0.05) is 49.6 Å². The summed E-state index contributed by atoms with van der Waals surface area (Å²) in [5, 5.41) is 3.15. The quantitative estimate of drug-likeness (QED) is 0.874. The van der Waals surface area contributed by atoms with Gasteiger partial charge in [0.25, 0.3) is 0 Å². The van der Waals surface area contributed by atoms with Crippen LogP contribution in [0.15, 0.2) is 30.3 Å². The highest BCUT2D eigenvalue weighted by Gasteiger charge is 2.43. The average molecular weight is 258 g/mol. The molecule has 0 heterocycles. The third kappa shape index (κ3) is 2.66. The first kappa shape index (κ1) is 12.7. The van der Waals surface area contributed by atoms with E-state index in [1.165, 1.54) is 12.0 Å². The van der Waals surface area contributed by atoms with Crippen molar-refractivity contribution in [2.24, 2.45) is 5.73 Å². The molecule has 2 aliphatic rings. The molecule has 2 atom stereocenters. The number of hydrogen-bond acceptors (Lipinski definition) is 2. The number of nitrogens with one attached hydrogen (secondary N) is 1. The first-order valence-electron chi connectivity index (χ1n) is 7.34. The Labute approximate surface area is 114 Å². The molecular weight excluding hydrogens is 236 g/mol. The van der Waals surface area contributed by atoms with Crippen LogP contribution in [-0.2, 0) is 4.79 Å². The average Bonchev–Trinajstić information content (AvgIpc) is 3.20. The maximum absolute atomic E-state index is 12.3. The third-order valence-corrected chi connectivity index (χ3v) is 4.53. The topological polar surface area (TPSA) is 55.1 Å². The van der Waals surface area contributed by atoms with Crippen LogP contribution in [0, 0.1) is 0 Å². The number of benzene rings is 1. The van der Waals surface area contributed by atoms with Gasteiger partial charge in [-0.2, -0.15) is 0 Å². The number of amides is 1. The summed E-state index contributed by atoms with van der Waals surface area (Å²) in [5.41, 5.74) is 6.96. The molecular formula is C16H22N2O. The van der Waals surface area contributed by atoms with Gasteiger partial charge in [0, 0.05) is 12.0 Å².